The zero-order valence-electron chi connectivity index (χ0n) is 14.2. The van der Waals surface area contributed by atoms with Crippen LogP contribution in [0.5, 0.6) is 5.75 Å². The lowest BCUT2D eigenvalue weighted by Crippen LogP contribution is -2.39. The van der Waals surface area contributed by atoms with Crippen LogP contribution in [0, 0.1) is 0 Å². The lowest BCUT2D eigenvalue weighted by Gasteiger charge is -2.27. The largest absolute Gasteiger partial charge is 0.493 e. The fourth-order valence-electron chi connectivity index (χ4n) is 2.82. The number of nitrogens with one attached hydrogen (secondary N) is 1. The molecular formula is C19H19Cl2NO3S. The molecule has 2 aromatic rings. The Morgan fingerprint density at radius 1 is 1.27 bits per heavy atom. The van der Waals surface area contributed by atoms with Crippen molar-refractivity contribution in [3.05, 3.63) is 63.6 Å². The van der Waals surface area contributed by atoms with Gasteiger partial charge >= 0.3 is 0 Å². The first-order valence-electron chi connectivity index (χ1n) is 8.29. The molecule has 2 aromatic carbocycles. The molecule has 0 bridgehead atoms. The van der Waals surface area contributed by atoms with Gasteiger partial charge in [-0.25, -0.2) is 0 Å². The first kappa shape index (κ1) is 19.2. The van der Waals surface area contributed by atoms with Crippen molar-refractivity contribution in [1.82, 2.24) is 5.32 Å². The zero-order chi connectivity index (χ0) is 18.7. The number of hydrogen-bond acceptors (Lipinski definition) is 3. The molecule has 1 amide bonds. The smallest absolute Gasteiger partial charge is 0.235 e. The minimum Gasteiger partial charge on any atom is -0.493 e. The van der Waals surface area contributed by atoms with E-state index in [-0.39, 0.29) is 17.7 Å². The van der Waals surface area contributed by atoms with Gasteiger partial charge in [0.25, 0.3) is 0 Å². The van der Waals surface area contributed by atoms with Crippen molar-refractivity contribution in [2.45, 2.75) is 30.4 Å². The summed E-state index contributed by atoms with van der Waals surface area (Å²) in [6.07, 6.45) is 0.689. The Morgan fingerprint density at radius 3 is 2.81 bits per heavy atom. The van der Waals surface area contributed by atoms with E-state index in [0.717, 1.165) is 16.9 Å². The summed E-state index contributed by atoms with van der Waals surface area (Å²) in [5, 5.41) is 3.23. The predicted molar refractivity (Wildman–Crippen MR) is 105 cm³/mol. The highest BCUT2D eigenvalue weighted by molar-refractivity contribution is 7.85. The van der Waals surface area contributed by atoms with Crippen LogP contribution in [-0.2, 0) is 21.3 Å². The van der Waals surface area contributed by atoms with Crippen molar-refractivity contribution < 1.29 is 13.7 Å². The maximum atomic E-state index is 12.6. The van der Waals surface area contributed by atoms with Gasteiger partial charge < -0.3 is 10.1 Å². The van der Waals surface area contributed by atoms with Crippen molar-refractivity contribution in [3.8, 4) is 5.75 Å². The summed E-state index contributed by atoms with van der Waals surface area (Å²) in [4.78, 5) is 12.6. The number of fused-ring (bicyclic) bond motifs is 1. The summed E-state index contributed by atoms with van der Waals surface area (Å²) < 4.78 is 18.2. The summed E-state index contributed by atoms with van der Waals surface area (Å²) in [5.41, 5.74) is 1.74. The molecule has 1 heterocycles. The third-order valence-electron chi connectivity index (χ3n) is 4.33. The van der Waals surface area contributed by atoms with Gasteiger partial charge in [-0.2, -0.15) is 0 Å². The third-order valence-corrected chi connectivity index (χ3v) is 6.69. The molecule has 0 aliphatic carbocycles. The average molecular weight is 412 g/mol. The van der Waals surface area contributed by atoms with Gasteiger partial charge in [-0.3, -0.25) is 9.00 Å². The number of rotatable bonds is 5. The fourth-order valence-corrected chi connectivity index (χ4v) is 4.20. The Kier molecular flexibility index (Phi) is 6.22. The van der Waals surface area contributed by atoms with Crippen LogP contribution in [0.4, 0.5) is 0 Å². The Hall–Kier alpha value is -1.56. The monoisotopic (exact) mass is 411 g/mol. The highest BCUT2D eigenvalue weighted by atomic mass is 35.5. The molecule has 1 aliphatic heterocycles. The number of carbonyl (C=O) groups excluding carboxylic acids is 1. The minimum absolute atomic E-state index is 0.128. The molecule has 138 valence electrons. The van der Waals surface area contributed by atoms with E-state index in [1.807, 2.05) is 24.3 Å². The van der Waals surface area contributed by atoms with E-state index in [1.54, 1.807) is 25.1 Å². The molecule has 0 aromatic heterocycles. The number of amides is 1. The van der Waals surface area contributed by atoms with Gasteiger partial charge in [0.2, 0.25) is 5.91 Å². The summed E-state index contributed by atoms with van der Waals surface area (Å²) in [7, 11) is -1.37. The van der Waals surface area contributed by atoms with Crippen LogP contribution in [-0.4, -0.2) is 22.0 Å². The molecule has 1 aliphatic rings. The minimum atomic E-state index is -1.37. The second-order valence-corrected chi connectivity index (χ2v) is 8.72. The van der Waals surface area contributed by atoms with E-state index in [2.05, 4.69) is 5.32 Å². The molecule has 0 saturated carbocycles. The van der Waals surface area contributed by atoms with Gasteiger partial charge in [-0.1, -0.05) is 47.5 Å². The number of halogens is 2. The highest BCUT2D eigenvalue weighted by Gasteiger charge is 2.27. The summed E-state index contributed by atoms with van der Waals surface area (Å²) in [6, 6.07) is 12.6. The van der Waals surface area contributed by atoms with Crippen LogP contribution in [0.2, 0.25) is 10.0 Å². The van der Waals surface area contributed by atoms with Crippen molar-refractivity contribution in [2.75, 3.05) is 6.61 Å². The molecule has 26 heavy (non-hydrogen) atoms. The third kappa shape index (κ3) is 4.40. The molecule has 0 fully saturated rings. The predicted octanol–water partition coefficient (Wildman–Crippen LogP) is 4.27. The Bertz CT molecular complexity index is 843. The zero-order valence-corrected chi connectivity index (χ0v) is 16.5. The van der Waals surface area contributed by atoms with Gasteiger partial charge in [0.1, 0.15) is 11.0 Å². The number of hydrogen-bond donors (Lipinski definition) is 1. The van der Waals surface area contributed by atoms with Crippen LogP contribution in [0.15, 0.2) is 42.5 Å². The number of benzene rings is 2. The normalized spacial score (nSPS) is 18.3. The SMILES string of the molecule is C[C@H](C(=O)N[C@@H]1CCOc2ccccc21)[S@@](=O)Cc1ccc(Cl)c(Cl)c1. The van der Waals surface area contributed by atoms with Crippen LogP contribution < -0.4 is 10.1 Å². The van der Waals surface area contributed by atoms with Gasteiger partial charge in [-0.05, 0) is 30.7 Å². The van der Waals surface area contributed by atoms with Gasteiger partial charge in [0.05, 0.1) is 22.7 Å². The van der Waals surface area contributed by atoms with Crippen LogP contribution in [0.3, 0.4) is 0 Å². The maximum Gasteiger partial charge on any atom is 0.235 e. The highest BCUT2D eigenvalue weighted by Crippen LogP contribution is 2.31. The Morgan fingerprint density at radius 2 is 2.04 bits per heavy atom. The summed E-state index contributed by atoms with van der Waals surface area (Å²) in [6.45, 7) is 2.22. The molecule has 7 heteroatoms. The standard InChI is InChI=1S/C19H19Cl2NO3S/c1-12(26(24)11-13-6-7-15(20)16(21)10-13)19(23)22-17-8-9-25-18-5-3-2-4-14(17)18/h2-7,10,12,17H,8-9,11H2,1H3,(H,22,23)/t12-,17-,26+/m1/s1. The summed E-state index contributed by atoms with van der Waals surface area (Å²) >= 11 is 11.9. The van der Waals surface area contributed by atoms with Crippen LogP contribution >= 0.6 is 23.2 Å². The van der Waals surface area contributed by atoms with E-state index >= 15 is 0 Å². The molecule has 4 nitrogen and oxygen atoms in total. The van der Waals surface area contributed by atoms with Crippen molar-refractivity contribution in [1.29, 1.82) is 0 Å². The van der Waals surface area contributed by atoms with Crippen molar-refractivity contribution in [2.24, 2.45) is 0 Å². The van der Waals surface area contributed by atoms with Gasteiger partial charge in [0.15, 0.2) is 0 Å². The first-order chi connectivity index (χ1) is 12.5. The maximum absolute atomic E-state index is 12.6. The second kappa shape index (κ2) is 8.42. The van der Waals surface area contributed by atoms with Gasteiger partial charge in [-0.15, -0.1) is 0 Å². The molecule has 0 spiro atoms. The average Bonchev–Trinajstić information content (AvgIpc) is 2.64. The number of ether oxygens (including phenoxy) is 1. The Labute approximate surface area is 165 Å². The lowest BCUT2D eigenvalue weighted by atomic mass is 10.0. The van der Waals surface area contributed by atoms with Gasteiger partial charge in [0, 0.05) is 28.5 Å². The van der Waals surface area contributed by atoms with E-state index in [4.69, 9.17) is 27.9 Å². The lowest BCUT2D eigenvalue weighted by molar-refractivity contribution is -0.121. The molecule has 1 N–H and O–H groups in total. The van der Waals surface area contributed by atoms with E-state index in [9.17, 15) is 9.00 Å². The molecule has 0 radical (unpaired) electrons. The van der Waals surface area contributed by atoms with Crippen molar-refractivity contribution >= 4 is 39.9 Å². The van der Waals surface area contributed by atoms with E-state index in [0.29, 0.717) is 23.1 Å². The molecular weight excluding hydrogens is 393 g/mol. The van der Waals surface area contributed by atoms with Crippen molar-refractivity contribution in [3.63, 3.8) is 0 Å². The first-order valence-corrected chi connectivity index (χ1v) is 10.4. The number of para-hydroxylation sites is 1. The summed E-state index contributed by atoms with van der Waals surface area (Å²) in [5.74, 6) is 0.800. The quantitative estimate of drug-likeness (QED) is 0.798. The molecule has 3 rings (SSSR count). The topological polar surface area (TPSA) is 55.4 Å². The van der Waals surface area contributed by atoms with E-state index in [1.165, 1.54) is 0 Å². The van der Waals surface area contributed by atoms with Crippen LogP contribution in [0.25, 0.3) is 0 Å². The number of carbonyl (C=O) groups is 1. The Balaban J connectivity index is 1.64. The molecule has 0 unspecified atom stereocenters. The van der Waals surface area contributed by atoms with E-state index < -0.39 is 16.0 Å². The molecule has 3 atom stereocenters. The second-order valence-electron chi connectivity index (χ2n) is 6.15. The van der Waals surface area contributed by atoms with Crippen LogP contribution in [0.1, 0.15) is 30.5 Å². The molecule has 0 saturated heterocycles. The fraction of sp³-hybridized carbons (Fsp3) is 0.316.